The van der Waals surface area contributed by atoms with Gasteiger partial charge in [0.25, 0.3) is 6.43 Å². The van der Waals surface area contributed by atoms with Crippen molar-refractivity contribution >= 4 is 34.9 Å². The maximum atomic E-state index is 13.9. The minimum atomic E-state index is -3.19. The maximum absolute atomic E-state index is 13.9. The molecule has 13 heteroatoms. The number of rotatable bonds is 9. The Bertz CT molecular complexity index is 1400. The zero-order valence-corrected chi connectivity index (χ0v) is 21.7. The normalized spacial score (nSPS) is 17.1. The van der Waals surface area contributed by atoms with E-state index in [2.05, 4.69) is 4.98 Å². The number of aryl methyl sites for hydroxylation is 1. The largest absolute Gasteiger partial charge is 0.493 e. The number of aromatic nitrogens is 1. The maximum Gasteiger partial charge on any atom is 0.303 e. The van der Waals surface area contributed by atoms with E-state index in [9.17, 15) is 13.6 Å². The van der Waals surface area contributed by atoms with Crippen LogP contribution in [0.2, 0.25) is 5.02 Å². The number of carbonyl (C=O) groups is 1. The van der Waals surface area contributed by atoms with Gasteiger partial charge < -0.3 is 23.7 Å². The van der Waals surface area contributed by atoms with Gasteiger partial charge in [-0.15, -0.1) is 0 Å². The highest BCUT2D eigenvalue weighted by molar-refractivity contribution is 6.31. The summed E-state index contributed by atoms with van der Waals surface area (Å²) in [7, 11) is 2.91. The van der Waals surface area contributed by atoms with E-state index in [1.807, 2.05) is 0 Å². The van der Waals surface area contributed by atoms with Crippen LogP contribution in [0.4, 0.5) is 14.5 Å². The molecule has 0 fully saturated rings. The predicted molar refractivity (Wildman–Crippen MR) is 138 cm³/mol. The molecule has 0 unspecified atom stereocenters. The van der Waals surface area contributed by atoms with Gasteiger partial charge in [-0.25, -0.2) is 13.8 Å². The molecular weight excluding hydrogens is 538 g/mol. The zero-order valence-electron chi connectivity index (χ0n) is 20.9. The second-order valence-electron chi connectivity index (χ2n) is 8.52. The van der Waals surface area contributed by atoms with Gasteiger partial charge >= 0.3 is 5.97 Å². The number of nitrogens with zero attached hydrogens (tertiary/aromatic N) is 2. The van der Waals surface area contributed by atoms with Crippen molar-refractivity contribution in [2.24, 2.45) is 0 Å². The molecule has 1 aromatic heterocycles. The van der Waals surface area contributed by atoms with E-state index in [0.717, 1.165) is 4.90 Å². The highest BCUT2D eigenvalue weighted by atomic mass is 35.5. The summed E-state index contributed by atoms with van der Waals surface area (Å²) in [5.74, 6) is -1.44. The molecule has 206 valence electrons. The summed E-state index contributed by atoms with van der Waals surface area (Å²) < 4.78 is 50.9. The van der Waals surface area contributed by atoms with Crippen molar-refractivity contribution in [2.45, 2.75) is 37.9 Å². The first-order chi connectivity index (χ1) is 18.6. The molecule has 0 aliphatic carbocycles. The van der Waals surface area contributed by atoms with Gasteiger partial charge in [-0.3, -0.25) is 20.5 Å². The molecule has 10 nitrogen and oxygen atoms in total. The molecule has 1 aliphatic heterocycles. The van der Waals surface area contributed by atoms with E-state index in [4.69, 9.17) is 46.2 Å². The molecule has 2 atom stereocenters. The fourth-order valence-electron chi connectivity index (χ4n) is 4.32. The Balaban J connectivity index is 1.84. The predicted octanol–water partition coefficient (Wildman–Crippen LogP) is 5.12. The second kappa shape index (κ2) is 11.8. The fourth-order valence-corrected chi connectivity index (χ4v) is 4.50. The number of hydrogen-bond donors (Lipinski definition) is 3. The van der Waals surface area contributed by atoms with Crippen molar-refractivity contribution in [3.63, 3.8) is 0 Å². The van der Waals surface area contributed by atoms with Gasteiger partial charge in [0, 0.05) is 22.6 Å². The van der Waals surface area contributed by atoms with Crippen LogP contribution in [0.3, 0.4) is 0 Å². The summed E-state index contributed by atoms with van der Waals surface area (Å²) in [6, 6.07) is 9.54. The number of carboxylic acids is 1. The van der Waals surface area contributed by atoms with Crippen molar-refractivity contribution in [2.75, 3.05) is 19.1 Å². The zero-order chi connectivity index (χ0) is 28.3. The molecule has 1 aliphatic rings. The molecule has 0 amide bonds. The lowest BCUT2D eigenvalue weighted by molar-refractivity contribution is -0.137. The topological polar surface area (TPSA) is 142 Å². The minimum absolute atomic E-state index is 0.0982. The molecule has 0 spiro atoms. The molecule has 4 rings (SSSR count). The van der Waals surface area contributed by atoms with Gasteiger partial charge in [0.2, 0.25) is 0 Å². The summed E-state index contributed by atoms with van der Waals surface area (Å²) in [4.78, 5) is 15.9. The van der Waals surface area contributed by atoms with Crippen LogP contribution in [0.5, 0.6) is 11.5 Å². The monoisotopic (exact) mass is 562 g/mol. The van der Waals surface area contributed by atoms with E-state index in [1.165, 1.54) is 38.6 Å². The van der Waals surface area contributed by atoms with Crippen LogP contribution in [0.1, 0.15) is 35.3 Å². The molecule has 0 radical (unpaired) electrons. The Morgan fingerprint density at radius 2 is 2.00 bits per heavy atom. The number of carboxylic acid groups (broad SMARTS) is 1. The lowest BCUT2D eigenvalue weighted by atomic mass is 9.98. The van der Waals surface area contributed by atoms with Crippen molar-refractivity contribution in [3.8, 4) is 11.5 Å². The summed E-state index contributed by atoms with van der Waals surface area (Å²) in [6.45, 7) is 0. The number of fused-ring (bicyclic) bond motifs is 1. The Labute approximate surface area is 227 Å². The average molecular weight is 563 g/mol. The minimum Gasteiger partial charge on any atom is -0.493 e. The van der Waals surface area contributed by atoms with Crippen LogP contribution in [-0.4, -0.2) is 54.5 Å². The Hall–Kier alpha value is -4.03. The van der Waals surface area contributed by atoms with Gasteiger partial charge in [-0.05, 0) is 24.3 Å². The molecule has 3 aromatic rings. The lowest BCUT2D eigenvalue weighted by Gasteiger charge is -2.27. The first kappa shape index (κ1) is 28.0. The number of para-hydroxylation sites is 1. The van der Waals surface area contributed by atoms with E-state index >= 15 is 0 Å². The number of aliphatic carboxylic acids is 1. The van der Waals surface area contributed by atoms with Crippen LogP contribution in [0.25, 0.3) is 0 Å². The van der Waals surface area contributed by atoms with Gasteiger partial charge in [-0.1, -0.05) is 23.7 Å². The van der Waals surface area contributed by atoms with Crippen LogP contribution < -0.4 is 14.4 Å². The molecular formula is C26H25ClF2N4O6. The second-order valence-corrected chi connectivity index (χ2v) is 8.95. The Kier molecular flexibility index (Phi) is 8.46. The van der Waals surface area contributed by atoms with Crippen LogP contribution >= 0.6 is 11.6 Å². The molecule has 39 heavy (non-hydrogen) atoms. The number of alkyl halides is 2. The number of methoxy groups -OCH3 is 2. The van der Waals surface area contributed by atoms with Crippen LogP contribution in [0, 0.1) is 10.8 Å². The molecule has 0 bridgehead atoms. The first-order valence-corrected chi connectivity index (χ1v) is 12.1. The van der Waals surface area contributed by atoms with E-state index in [1.54, 1.807) is 18.2 Å². The fraction of sp³-hybridized carbons (Fsp3) is 0.308. The van der Waals surface area contributed by atoms with Crippen LogP contribution in [0.15, 0.2) is 47.0 Å². The molecule has 3 N–H and O–H groups in total. The molecule has 2 aromatic carbocycles. The smallest absolute Gasteiger partial charge is 0.303 e. The third-order valence-corrected chi connectivity index (χ3v) is 6.30. The summed E-state index contributed by atoms with van der Waals surface area (Å²) >= 11 is 6.31. The number of hydrogen-bond acceptors (Lipinski definition) is 8. The van der Waals surface area contributed by atoms with E-state index in [0.29, 0.717) is 28.4 Å². The number of ether oxygens (including phenoxy) is 3. The van der Waals surface area contributed by atoms with E-state index < -0.39 is 36.3 Å². The molecule has 2 heterocycles. The SMILES string of the molecule is COc1cccc([C@@H]2O[C@@H](Cc3ncc(CCC(=O)O)o3)C(=N)N(C(=N)C(F)F)c3ccc(Cl)cc32)c1OC. The summed E-state index contributed by atoms with van der Waals surface area (Å²) in [5.41, 5.74) is 0.904. The van der Waals surface area contributed by atoms with Crippen molar-refractivity contribution in [1.29, 1.82) is 10.8 Å². The van der Waals surface area contributed by atoms with Crippen molar-refractivity contribution < 1.29 is 37.3 Å². The quantitative estimate of drug-likeness (QED) is 0.241. The third-order valence-electron chi connectivity index (χ3n) is 6.07. The highest BCUT2D eigenvalue weighted by Crippen LogP contribution is 2.45. The average Bonchev–Trinajstić information content (AvgIpc) is 3.32. The number of benzene rings is 2. The number of anilines is 1. The van der Waals surface area contributed by atoms with Crippen molar-refractivity contribution in [3.05, 3.63) is 70.4 Å². The van der Waals surface area contributed by atoms with Gasteiger partial charge in [0.05, 0.1) is 38.9 Å². The number of amidine groups is 2. The third kappa shape index (κ3) is 5.86. The van der Waals surface area contributed by atoms with Crippen LogP contribution in [-0.2, 0) is 22.4 Å². The molecule has 0 saturated heterocycles. The lowest BCUT2D eigenvalue weighted by Crippen LogP contribution is -2.46. The Morgan fingerprint density at radius 3 is 2.67 bits per heavy atom. The number of oxazole rings is 1. The molecule has 0 saturated carbocycles. The standard InChI is InChI=1S/C26H25ClF2N4O6/c1-36-18-5-3-4-15(23(18)37-2)22-16-10-13(27)6-8-17(16)33(26(31)24(28)29)25(30)19(39-22)11-20-32-12-14(38-20)7-9-21(34)35/h3-6,8,10,12,19,22,24,30-31H,7,9,11H2,1-2H3,(H,34,35)/t19-,22-/m0/s1. The van der Waals surface area contributed by atoms with Crippen molar-refractivity contribution in [1.82, 2.24) is 4.98 Å². The van der Waals surface area contributed by atoms with Gasteiger partial charge in [-0.2, -0.15) is 0 Å². The Morgan fingerprint density at radius 1 is 1.23 bits per heavy atom. The van der Waals surface area contributed by atoms with E-state index in [-0.39, 0.29) is 35.9 Å². The summed E-state index contributed by atoms with van der Waals surface area (Å²) in [5, 5.41) is 26.2. The first-order valence-electron chi connectivity index (χ1n) is 11.7. The highest BCUT2D eigenvalue weighted by Gasteiger charge is 2.40. The van der Waals surface area contributed by atoms with Gasteiger partial charge in [0.1, 0.15) is 23.8 Å². The number of nitrogens with one attached hydrogen (secondary N) is 2. The number of halogens is 3. The summed E-state index contributed by atoms with van der Waals surface area (Å²) in [6.07, 6.45) is -4.27. The van der Waals surface area contributed by atoms with Gasteiger partial charge in [0.15, 0.2) is 23.2 Å².